The molecule has 0 N–H and O–H groups in total. The van der Waals surface area contributed by atoms with E-state index in [1.54, 1.807) is 0 Å². The molecule has 1 spiro atoms. The van der Waals surface area contributed by atoms with Crippen molar-refractivity contribution in [2.75, 3.05) is 4.90 Å². The van der Waals surface area contributed by atoms with Gasteiger partial charge in [-0.25, -0.2) is 0 Å². The van der Waals surface area contributed by atoms with Crippen molar-refractivity contribution in [3.63, 3.8) is 0 Å². The highest BCUT2D eigenvalue weighted by Crippen LogP contribution is 2.64. The molecule has 9 aromatic carbocycles. The first kappa shape index (κ1) is 33.0. The fourth-order valence-corrected chi connectivity index (χ4v) is 10.5. The van der Waals surface area contributed by atoms with E-state index in [0.717, 1.165) is 39.7 Å². The molecule has 0 unspecified atom stereocenters. The molecule has 0 saturated heterocycles. The van der Waals surface area contributed by atoms with Crippen LogP contribution in [0.3, 0.4) is 0 Å². The predicted molar refractivity (Wildman–Crippen MR) is 239 cm³/mol. The number of nitrogens with zero attached hydrogens (tertiary/aromatic N) is 1. The standard InChI is InChI=1S/C56H39NO/c1-55(2)47-19-9-8-18-43(47)44-32-29-40(34-50(44)55)57(39-27-24-37(25-28-39)36-14-4-3-5-15-36)41-30-33-45-46-31-26-38-16-6-7-17-42(38)54(46)56(51(45)35-41)48-20-10-12-22-52(48)58-53-23-13-11-21-49(53)56/h3-35H,1-2H3. The summed E-state index contributed by atoms with van der Waals surface area (Å²) in [4.78, 5) is 2.46. The number of hydrogen-bond acceptors (Lipinski definition) is 2. The summed E-state index contributed by atoms with van der Waals surface area (Å²) < 4.78 is 6.75. The number of rotatable bonds is 4. The second-order valence-corrected chi connectivity index (χ2v) is 16.4. The molecule has 1 heterocycles. The van der Waals surface area contributed by atoms with E-state index >= 15 is 0 Å². The van der Waals surface area contributed by atoms with Gasteiger partial charge in [0.05, 0.1) is 5.41 Å². The van der Waals surface area contributed by atoms with Gasteiger partial charge in [-0.3, -0.25) is 0 Å². The number of fused-ring (bicyclic) bond motifs is 14. The van der Waals surface area contributed by atoms with Crippen LogP contribution in [0.4, 0.5) is 17.1 Å². The van der Waals surface area contributed by atoms with Gasteiger partial charge in [-0.2, -0.15) is 0 Å². The number of para-hydroxylation sites is 2. The minimum absolute atomic E-state index is 0.134. The van der Waals surface area contributed by atoms with Crippen LogP contribution in [0.15, 0.2) is 200 Å². The summed E-state index contributed by atoms with van der Waals surface area (Å²) in [5.74, 6) is 1.79. The zero-order valence-corrected chi connectivity index (χ0v) is 32.4. The van der Waals surface area contributed by atoms with E-state index in [2.05, 4.69) is 219 Å². The molecule has 274 valence electrons. The molecule has 0 atom stereocenters. The third kappa shape index (κ3) is 4.49. The van der Waals surface area contributed by atoms with Crippen molar-refractivity contribution in [2.45, 2.75) is 24.7 Å². The maximum atomic E-state index is 6.75. The first-order valence-electron chi connectivity index (χ1n) is 20.3. The van der Waals surface area contributed by atoms with Crippen LogP contribution in [0.5, 0.6) is 11.5 Å². The first-order valence-corrected chi connectivity index (χ1v) is 20.3. The molecule has 0 amide bonds. The number of hydrogen-bond donors (Lipinski definition) is 0. The average molecular weight is 742 g/mol. The van der Waals surface area contributed by atoms with Crippen molar-refractivity contribution in [3.8, 4) is 44.9 Å². The van der Waals surface area contributed by atoms with Gasteiger partial charge < -0.3 is 9.64 Å². The van der Waals surface area contributed by atoms with E-state index in [9.17, 15) is 0 Å². The Balaban J connectivity index is 1.13. The van der Waals surface area contributed by atoms with Crippen molar-refractivity contribution in [2.24, 2.45) is 0 Å². The Hall–Kier alpha value is -7.16. The Kier molecular flexibility index (Phi) is 6.93. The zero-order valence-electron chi connectivity index (χ0n) is 32.4. The molecule has 9 aromatic rings. The van der Waals surface area contributed by atoms with Gasteiger partial charge in [0.25, 0.3) is 0 Å². The van der Waals surface area contributed by atoms with E-state index < -0.39 is 5.41 Å². The summed E-state index contributed by atoms with van der Waals surface area (Å²) in [6, 6.07) is 73.7. The third-order valence-electron chi connectivity index (χ3n) is 13.1. The molecule has 3 aliphatic rings. The van der Waals surface area contributed by atoms with Crippen LogP contribution in [0.2, 0.25) is 0 Å². The van der Waals surface area contributed by atoms with Gasteiger partial charge in [0, 0.05) is 33.6 Å². The van der Waals surface area contributed by atoms with Crippen LogP contribution in [0.1, 0.15) is 47.2 Å². The van der Waals surface area contributed by atoms with Crippen LogP contribution in [0.25, 0.3) is 44.2 Å². The highest BCUT2D eigenvalue weighted by Gasteiger charge is 2.52. The lowest BCUT2D eigenvalue weighted by atomic mass is 9.65. The summed E-state index contributed by atoms with van der Waals surface area (Å²) in [5, 5.41) is 2.50. The molecule has 0 bridgehead atoms. The smallest absolute Gasteiger partial charge is 0.132 e. The zero-order chi connectivity index (χ0) is 38.6. The normalized spacial score (nSPS) is 14.4. The molecule has 2 nitrogen and oxygen atoms in total. The van der Waals surface area contributed by atoms with E-state index in [1.165, 1.54) is 66.4 Å². The number of anilines is 3. The Bertz CT molecular complexity index is 3080. The molecule has 1 aliphatic heterocycles. The summed E-state index contributed by atoms with van der Waals surface area (Å²) >= 11 is 0. The molecular weight excluding hydrogens is 703 g/mol. The summed E-state index contributed by atoms with van der Waals surface area (Å²) in [7, 11) is 0. The highest BCUT2D eigenvalue weighted by atomic mass is 16.5. The minimum Gasteiger partial charge on any atom is -0.457 e. The van der Waals surface area contributed by atoms with Gasteiger partial charge in [-0.15, -0.1) is 0 Å². The largest absolute Gasteiger partial charge is 0.457 e. The lowest BCUT2D eigenvalue weighted by Crippen LogP contribution is -2.32. The van der Waals surface area contributed by atoms with Crippen LogP contribution in [0, 0.1) is 0 Å². The summed E-state index contributed by atoms with van der Waals surface area (Å²) in [6.45, 7) is 4.72. The molecule has 0 aromatic heterocycles. The fraction of sp³-hybridized carbons (Fsp3) is 0.0714. The van der Waals surface area contributed by atoms with Gasteiger partial charge >= 0.3 is 0 Å². The molecule has 0 fully saturated rings. The van der Waals surface area contributed by atoms with E-state index in [1.807, 2.05) is 0 Å². The Morgan fingerprint density at radius 2 is 0.897 bits per heavy atom. The first-order chi connectivity index (χ1) is 28.5. The molecule has 12 rings (SSSR count). The highest BCUT2D eigenvalue weighted by molar-refractivity contribution is 6.02. The van der Waals surface area contributed by atoms with E-state index in [4.69, 9.17) is 4.74 Å². The molecular formula is C56H39NO. The minimum atomic E-state index is -0.614. The monoisotopic (exact) mass is 741 g/mol. The lowest BCUT2D eigenvalue weighted by Gasteiger charge is -2.40. The predicted octanol–water partition coefficient (Wildman–Crippen LogP) is 14.8. The Morgan fingerprint density at radius 3 is 1.62 bits per heavy atom. The molecule has 0 saturated carbocycles. The average Bonchev–Trinajstić information content (AvgIpc) is 3.70. The van der Waals surface area contributed by atoms with Crippen LogP contribution >= 0.6 is 0 Å². The van der Waals surface area contributed by atoms with E-state index in [-0.39, 0.29) is 5.41 Å². The van der Waals surface area contributed by atoms with Crippen molar-refractivity contribution < 1.29 is 4.74 Å². The maximum absolute atomic E-state index is 6.75. The van der Waals surface area contributed by atoms with Crippen molar-refractivity contribution in [1.82, 2.24) is 0 Å². The quantitative estimate of drug-likeness (QED) is 0.178. The van der Waals surface area contributed by atoms with Crippen LogP contribution in [-0.2, 0) is 10.8 Å². The van der Waals surface area contributed by atoms with Crippen molar-refractivity contribution >= 4 is 27.8 Å². The SMILES string of the molecule is CC1(C)c2ccccc2-c2ccc(N(c3ccc(-c4ccccc4)cc3)c3ccc4c(c3)C3(c5ccccc5Oc5ccccc53)c3c-4ccc4ccccc34)cc21. The summed E-state index contributed by atoms with van der Waals surface area (Å²) in [6.07, 6.45) is 0. The van der Waals surface area contributed by atoms with Gasteiger partial charge in [0.2, 0.25) is 0 Å². The lowest BCUT2D eigenvalue weighted by molar-refractivity contribution is 0.437. The molecule has 2 heteroatoms. The summed E-state index contributed by atoms with van der Waals surface area (Å²) in [5.41, 5.74) is 17.8. The molecule has 2 aliphatic carbocycles. The van der Waals surface area contributed by atoms with Crippen molar-refractivity contribution in [1.29, 1.82) is 0 Å². The van der Waals surface area contributed by atoms with Crippen LogP contribution in [-0.4, -0.2) is 0 Å². The van der Waals surface area contributed by atoms with Gasteiger partial charge in [0.15, 0.2) is 0 Å². The second kappa shape index (κ2) is 12.2. The molecule has 58 heavy (non-hydrogen) atoms. The maximum Gasteiger partial charge on any atom is 0.132 e. The van der Waals surface area contributed by atoms with Crippen molar-refractivity contribution in [3.05, 3.63) is 234 Å². The van der Waals surface area contributed by atoms with Gasteiger partial charge in [-0.1, -0.05) is 166 Å². The number of benzene rings is 9. The van der Waals surface area contributed by atoms with Gasteiger partial charge in [0.1, 0.15) is 11.5 Å². The van der Waals surface area contributed by atoms with Crippen LogP contribution < -0.4 is 9.64 Å². The topological polar surface area (TPSA) is 12.5 Å². The number of ether oxygens (including phenoxy) is 1. The third-order valence-corrected chi connectivity index (χ3v) is 13.1. The second-order valence-electron chi connectivity index (χ2n) is 16.4. The van der Waals surface area contributed by atoms with Gasteiger partial charge in [-0.05, 0) is 115 Å². The van der Waals surface area contributed by atoms with E-state index in [0.29, 0.717) is 0 Å². The molecule has 0 radical (unpaired) electrons. The fourth-order valence-electron chi connectivity index (χ4n) is 10.5. The Labute approximate surface area is 339 Å². The Morgan fingerprint density at radius 1 is 0.379 bits per heavy atom.